The van der Waals surface area contributed by atoms with Crippen molar-refractivity contribution in [3.63, 3.8) is 0 Å². The molecule has 2 aliphatic rings. The Balaban J connectivity index is 1.65. The molecule has 0 saturated heterocycles. The molecule has 1 aliphatic heterocycles. The summed E-state index contributed by atoms with van der Waals surface area (Å²) < 4.78 is 6.28. The second-order valence-electron chi connectivity index (χ2n) is 9.06. The van der Waals surface area contributed by atoms with Crippen LogP contribution >= 0.6 is 0 Å². The van der Waals surface area contributed by atoms with Gasteiger partial charge in [0.2, 0.25) is 0 Å². The first-order valence-electron chi connectivity index (χ1n) is 11.8. The number of para-hydroxylation sites is 1. The summed E-state index contributed by atoms with van der Waals surface area (Å²) in [5.74, 6) is 0.167. The highest BCUT2D eigenvalue weighted by molar-refractivity contribution is 5.94. The third-order valence-corrected chi connectivity index (χ3v) is 6.86. The molecule has 2 N–H and O–H groups in total. The molecular weight excluding hydrogens is 402 g/mol. The van der Waals surface area contributed by atoms with E-state index in [-0.39, 0.29) is 23.1 Å². The number of cyclic esters (lactones) is 1. The van der Waals surface area contributed by atoms with E-state index < -0.39 is 11.6 Å². The summed E-state index contributed by atoms with van der Waals surface area (Å²) in [4.78, 5) is 15.3. The highest BCUT2D eigenvalue weighted by Gasteiger charge is 2.49. The van der Waals surface area contributed by atoms with Gasteiger partial charge in [-0.15, -0.1) is 0 Å². The zero-order valence-electron chi connectivity index (χ0n) is 18.8. The summed E-state index contributed by atoms with van der Waals surface area (Å²) in [6, 6.07) is 16.9. The highest BCUT2D eigenvalue weighted by atomic mass is 16.6. The van der Waals surface area contributed by atoms with E-state index in [1.54, 1.807) is 12.1 Å². The maximum atomic E-state index is 13.4. The van der Waals surface area contributed by atoms with Crippen molar-refractivity contribution in [3.05, 3.63) is 71.6 Å². The molecule has 0 radical (unpaired) electrons. The van der Waals surface area contributed by atoms with Crippen LogP contribution in [0.4, 0.5) is 5.69 Å². The van der Waals surface area contributed by atoms with Gasteiger partial charge in [0.25, 0.3) is 0 Å². The van der Waals surface area contributed by atoms with Gasteiger partial charge in [0.05, 0.1) is 0 Å². The first kappa shape index (κ1) is 22.3. The summed E-state index contributed by atoms with van der Waals surface area (Å²) in [5, 5.41) is 21.1. The Bertz CT molecular complexity index is 965. The van der Waals surface area contributed by atoms with Crippen LogP contribution in [0.5, 0.6) is 5.75 Å². The minimum atomic E-state index is -0.707. The molecule has 1 aliphatic carbocycles. The van der Waals surface area contributed by atoms with Gasteiger partial charge in [-0.05, 0) is 67.9 Å². The zero-order chi connectivity index (χ0) is 22.6. The first-order valence-corrected chi connectivity index (χ1v) is 11.8. The number of rotatable bonds is 8. The summed E-state index contributed by atoms with van der Waals surface area (Å²) in [7, 11) is 0. The van der Waals surface area contributed by atoms with Crippen LogP contribution in [-0.2, 0) is 16.0 Å². The van der Waals surface area contributed by atoms with Gasteiger partial charge in [-0.2, -0.15) is 0 Å². The minimum Gasteiger partial charge on any atom is -0.510 e. The summed E-state index contributed by atoms with van der Waals surface area (Å²) in [6.07, 6.45) is 6.75. The minimum absolute atomic E-state index is 0.126. The van der Waals surface area contributed by atoms with Gasteiger partial charge < -0.3 is 19.8 Å². The number of aryl methyl sites for hydroxylation is 1. The van der Waals surface area contributed by atoms with Gasteiger partial charge in [-0.25, -0.2) is 4.79 Å². The van der Waals surface area contributed by atoms with Crippen molar-refractivity contribution in [1.82, 2.24) is 0 Å². The van der Waals surface area contributed by atoms with Crippen molar-refractivity contribution in [3.8, 4) is 5.75 Å². The number of ether oxygens (including phenoxy) is 1. The van der Waals surface area contributed by atoms with Crippen LogP contribution in [-0.4, -0.2) is 28.3 Å². The molecule has 5 heteroatoms. The predicted octanol–water partition coefficient (Wildman–Crippen LogP) is 5.89. The number of aromatic hydroxyl groups is 1. The number of phenols is 1. The Morgan fingerprint density at radius 2 is 1.81 bits per heavy atom. The van der Waals surface area contributed by atoms with Crippen molar-refractivity contribution >= 4 is 11.7 Å². The Labute approximate surface area is 190 Å². The lowest BCUT2D eigenvalue weighted by molar-refractivity contribution is -0.167. The van der Waals surface area contributed by atoms with Crippen molar-refractivity contribution < 1.29 is 19.7 Å². The van der Waals surface area contributed by atoms with Crippen LogP contribution in [0, 0.1) is 5.92 Å². The first-order chi connectivity index (χ1) is 15.5. The number of hydrogen-bond acceptors (Lipinski definition) is 5. The van der Waals surface area contributed by atoms with Crippen LogP contribution in [0.3, 0.4) is 0 Å². The molecule has 5 nitrogen and oxygen atoms in total. The van der Waals surface area contributed by atoms with Gasteiger partial charge in [-0.3, -0.25) is 0 Å². The normalized spacial score (nSPS) is 21.6. The van der Waals surface area contributed by atoms with Gasteiger partial charge >= 0.3 is 5.97 Å². The number of aliphatic hydroxyl groups is 1. The second kappa shape index (κ2) is 9.68. The molecule has 2 aromatic rings. The lowest BCUT2D eigenvalue weighted by atomic mass is 9.77. The Morgan fingerprint density at radius 3 is 2.47 bits per heavy atom. The maximum absolute atomic E-state index is 13.4. The lowest BCUT2D eigenvalue weighted by Crippen LogP contribution is -2.48. The molecular formula is C27H33NO4. The quantitative estimate of drug-likeness (QED) is 0.506. The van der Waals surface area contributed by atoms with Crippen LogP contribution in [0.2, 0.25) is 0 Å². The molecule has 2 aromatic carbocycles. The van der Waals surface area contributed by atoms with E-state index in [1.807, 2.05) is 47.4 Å². The largest absolute Gasteiger partial charge is 0.510 e. The number of carbonyl (C=O) groups excluding carboxylic acids is 1. The zero-order valence-corrected chi connectivity index (χ0v) is 18.8. The average Bonchev–Trinajstić information content (AvgIpc) is 3.33. The summed E-state index contributed by atoms with van der Waals surface area (Å²) >= 11 is 0. The van der Waals surface area contributed by atoms with Crippen molar-refractivity contribution in [2.24, 2.45) is 5.92 Å². The molecule has 1 saturated carbocycles. The van der Waals surface area contributed by atoms with E-state index in [2.05, 4.69) is 6.92 Å². The number of carbonyl (C=O) groups is 1. The molecule has 0 spiro atoms. The molecule has 4 rings (SSSR count). The monoisotopic (exact) mass is 435 g/mol. The second-order valence-corrected chi connectivity index (χ2v) is 9.06. The molecule has 32 heavy (non-hydrogen) atoms. The third-order valence-electron chi connectivity index (χ3n) is 6.86. The van der Waals surface area contributed by atoms with Crippen molar-refractivity contribution in [2.75, 3.05) is 11.4 Å². The van der Waals surface area contributed by atoms with Crippen LogP contribution in [0.1, 0.15) is 57.4 Å². The van der Waals surface area contributed by atoms with Gasteiger partial charge in [0.15, 0.2) is 5.70 Å². The molecule has 1 atom stereocenters. The molecule has 170 valence electrons. The maximum Gasteiger partial charge on any atom is 0.359 e. The number of phenolic OH excluding ortho intramolecular Hbond substituents is 1. The van der Waals surface area contributed by atoms with Gasteiger partial charge in [-0.1, -0.05) is 50.1 Å². The fourth-order valence-corrected chi connectivity index (χ4v) is 5.31. The molecule has 0 amide bonds. The third kappa shape index (κ3) is 4.62. The SMILES string of the molecule is CCCN(C1=C(O)C[C@@](CCc2cccc(O)c2)(C2CCCC2)OC1=O)c1ccccc1. The number of hydrogen-bond donors (Lipinski definition) is 2. The van der Waals surface area contributed by atoms with Crippen molar-refractivity contribution in [2.45, 2.75) is 63.9 Å². The van der Waals surface area contributed by atoms with E-state index in [1.165, 1.54) is 0 Å². The van der Waals surface area contributed by atoms with Crippen LogP contribution < -0.4 is 4.90 Å². The van der Waals surface area contributed by atoms with Crippen LogP contribution in [0.15, 0.2) is 66.1 Å². The Morgan fingerprint density at radius 1 is 1.06 bits per heavy atom. The fourth-order valence-electron chi connectivity index (χ4n) is 5.31. The number of benzene rings is 2. The van der Waals surface area contributed by atoms with Gasteiger partial charge in [0, 0.05) is 18.7 Å². The Hall–Kier alpha value is -2.95. The predicted molar refractivity (Wildman–Crippen MR) is 126 cm³/mol. The summed E-state index contributed by atoms with van der Waals surface area (Å²) in [5.41, 5.74) is 1.44. The van der Waals surface area contributed by atoms with E-state index in [0.29, 0.717) is 25.8 Å². The van der Waals surface area contributed by atoms with E-state index in [9.17, 15) is 15.0 Å². The molecule has 0 bridgehead atoms. The number of esters is 1. The molecule has 0 aromatic heterocycles. The molecule has 0 unspecified atom stereocenters. The van der Waals surface area contributed by atoms with Crippen molar-refractivity contribution in [1.29, 1.82) is 0 Å². The standard InChI is InChI=1S/C27H33NO4/c1-2-17-28(22-12-4-3-5-13-22)25-24(30)19-27(32-26(25)31,21-10-6-7-11-21)16-15-20-9-8-14-23(29)18-20/h3-5,8-9,12-14,18,21,29-30H,2,6-7,10-11,15-17,19H2,1H3/t27-/m0/s1. The van der Waals surface area contributed by atoms with E-state index >= 15 is 0 Å². The number of anilines is 1. The molecule has 1 fully saturated rings. The van der Waals surface area contributed by atoms with E-state index in [0.717, 1.165) is 43.4 Å². The highest BCUT2D eigenvalue weighted by Crippen LogP contribution is 2.46. The van der Waals surface area contributed by atoms with Crippen LogP contribution in [0.25, 0.3) is 0 Å². The topological polar surface area (TPSA) is 70.0 Å². The summed E-state index contributed by atoms with van der Waals surface area (Å²) in [6.45, 7) is 2.68. The fraction of sp³-hybridized carbons (Fsp3) is 0.444. The van der Waals surface area contributed by atoms with E-state index in [4.69, 9.17) is 4.74 Å². The Kier molecular flexibility index (Phi) is 6.73. The lowest BCUT2D eigenvalue weighted by Gasteiger charge is -2.43. The average molecular weight is 436 g/mol. The number of aliphatic hydroxyl groups excluding tert-OH is 1. The molecule has 1 heterocycles. The number of nitrogens with zero attached hydrogens (tertiary/aromatic N) is 1. The smallest absolute Gasteiger partial charge is 0.359 e. The van der Waals surface area contributed by atoms with Gasteiger partial charge in [0.1, 0.15) is 17.1 Å².